The molecule has 1 aliphatic rings. The minimum absolute atomic E-state index is 0.293. The third-order valence-electron chi connectivity index (χ3n) is 6.62. The summed E-state index contributed by atoms with van der Waals surface area (Å²) in [6, 6.07) is 15.3. The van der Waals surface area contributed by atoms with Gasteiger partial charge in [0.15, 0.2) is 0 Å². The fraction of sp³-hybridized carbons (Fsp3) is 0.536. The first-order chi connectivity index (χ1) is 16.0. The number of aromatic nitrogens is 1. The maximum atomic E-state index is 12.6. The highest BCUT2D eigenvalue weighted by Crippen LogP contribution is 2.27. The van der Waals surface area contributed by atoms with Crippen molar-refractivity contribution in [3.63, 3.8) is 0 Å². The van der Waals surface area contributed by atoms with Crippen LogP contribution in [0.1, 0.15) is 58.6 Å². The molecule has 2 aromatic rings. The summed E-state index contributed by atoms with van der Waals surface area (Å²) in [5.41, 5.74) is 3.41. The van der Waals surface area contributed by atoms with Crippen molar-refractivity contribution in [3.8, 4) is 0 Å². The summed E-state index contributed by atoms with van der Waals surface area (Å²) in [4.78, 5) is 21.6. The number of hydrogen-bond acceptors (Lipinski definition) is 4. The molecular weight excluding hydrogens is 408 g/mol. The fourth-order valence-corrected chi connectivity index (χ4v) is 4.34. The van der Waals surface area contributed by atoms with E-state index in [1.165, 1.54) is 12.1 Å². The molecule has 1 saturated heterocycles. The minimum Gasteiger partial charge on any atom is -0.379 e. The van der Waals surface area contributed by atoms with E-state index in [1.54, 1.807) is 0 Å². The standard InChI is InChI=1S/C28H41N4O/c1-5-23(4)20-28(33)31-17-14-27(15-18-31)32(19-13-22(2)3)26-11-9-24(10-12-26)30-21-25-8-6-7-16-29-25/h6-12,16,22-23,27,30H,1,5,13-15,17-21H2,2-4H3. The summed E-state index contributed by atoms with van der Waals surface area (Å²) >= 11 is 0. The number of hydrogen-bond donors (Lipinski definition) is 1. The van der Waals surface area contributed by atoms with Gasteiger partial charge in [0.1, 0.15) is 0 Å². The molecule has 3 rings (SSSR count). The van der Waals surface area contributed by atoms with E-state index >= 15 is 0 Å². The van der Waals surface area contributed by atoms with Gasteiger partial charge < -0.3 is 15.1 Å². The van der Waals surface area contributed by atoms with E-state index in [0.717, 1.165) is 56.8 Å². The Morgan fingerprint density at radius 2 is 1.88 bits per heavy atom. The van der Waals surface area contributed by atoms with Crippen molar-refractivity contribution in [2.45, 2.75) is 65.5 Å². The number of carbonyl (C=O) groups is 1. The zero-order valence-electron chi connectivity index (χ0n) is 20.7. The van der Waals surface area contributed by atoms with E-state index in [2.05, 4.69) is 72.1 Å². The number of piperidine rings is 1. The van der Waals surface area contributed by atoms with Crippen LogP contribution in [0.5, 0.6) is 0 Å². The molecule has 5 heteroatoms. The van der Waals surface area contributed by atoms with Gasteiger partial charge in [0.25, 0.3) is 0 Å². The molecule has 0 spiro atoms. The van der Waals surface area contributed by atoms with Gasteiger partial charge in [0, 0.05) is 49.7 Å². The van der Waals surface area contributed by atoms with E-state index in [1.807, 2.05) is 24.4 Å². The number of anilines is 2. The van der Waals surface area contributed by atoms with Gasteiger partial charge in [-0.3, -0.25) is 9.78 Å². The fourth-order valence-electron chi connectivity index (χ4n) is 4.34. The monoisotopic (exact) mass is 449 g/mol. The van der Waals surface area contributed by atoms with Crippen molar-refractivity contribution in [2.24, 2.45) is 11.8 Å². The average molecular weight is 450 g/mol. The Morgan fingerprint density at radius 3 is 2.48 bits per heavy atom. The summed E-state index contributed by atoms with van der Waals surface area (Å²) in [6.45, 7) is 14.1. The van der Waals surface area contributed by atoms with Crippen LogP contribution in [-0.2, 0) is 11.3 Å². The Bertz CT molecular complexity index is 829. The lowest BCUT2D eigenvalue weighted by Crippen LogP contribution is -2.47. The van der Waals surface area contributed by atoms with Crippen LogP contribution >= 0.6 is 0 Å². The van der Waals surface area contributed by atoms with Gasteiger partial charge >= 0.3 is 0 Å². The zero-order chi connectivity index (χ0) is 23.6. The number of nitrogens with zero attached hydrogens (tertiary/aromatic N) is 3. The van der Waals surface area contributed by atoms with Crippen molar-refractivity contribution in [3.05, 3.63) is 61.3 Å². The number of carbonyl (C=O) groups excluding carboxylic acids is 1. The molecule has 1 aromatic carbocycles. The molecule has 33 heavy (non-hydrogen) atoms. The Hall–Kier alpha value is -2.56. The molecule has 1 unspecified atom stereocenters. The Balaban J connectivity index is 1.60. The second-order valence-corrected chi connectivity index (χ2v) is 9.81. The van der Waals surface area contributed by atoms with Gasteiger partial charge in [-0.2, -0.15) is 0 Å². The van der Waals surface area contributed by atoms with E-state index in [4.69, 9.17) is 0 Å². The minimum atomic E-state index is 0.293. The lowest BCUT2D eigenvalue weighted by atomic mass is 9.98. The first-order valence-electron chi connectivity index (χ1n) is 12.5. The zero-order valence-corrected chi connectivity index (χ0v) is 20.7. The van der Waals surface area contributed by atoms with Crippen LogP contribution in [0.25, 0.3) is 0 Å². The van der Waals surface area contributed by atoms with Crippen LogP contribution in [0.3, 0.4) is 0 Å². The predicted molar refractivity (Wildman–Crippen MR) is 138 cm³/mol. The van der Waals surface area contributed by atoms with Gasteiger partial charge in [-0.05, 0) is 67.5 Å². The topological polar surface area (TPSA) is 48.5 Å². The number of pyridine rings is 1. The predicted octanol–water partition coefficient (Wildman–Crippen LogP) is 5.79. The number of likely N-dealkylation sites (tertiary alicyclic amines) is 1. The van der Waals surface area contributed by atoms with Crippen LogP contribution in [0.15, 0.2) is 48.7 Å². The first kappa shape index (κ1) is 25.1. The normalized spacial score (nSPS) is 15.5. The summed E-state index contributed by atoms with van der Waals surface area (Å²) < 4.78 is 0. The molecule has 1 atom stereocenters. The SMILES string of the molecule is [CH2]CC(C)CC(=O)N1CCC(N(CCC(C)C)c2ccc(NCc3ccccn3)cc2)CC1. The van der Waals surface area contributed by atoms with Crippen LogP contribution in [0, 0.1) is 18.8 Å². The van der Waals surface area contributed by atoms with Crippen LogP contribution in [-0.4, -0.2) is 41.5 Å². The molecule has 0 aliphatic carbocycles. The number of rotatable bonds is 11. The molecule has 5 nitrogen and oxygen atoms in total. The van der Waals surface area contributed by atoms with Crippen LogP contribution in [0.2, 0.25) is 0 Å². The van der Waals surface area contributed by atoms with Gasteiger partial charge in [-0.1, -0.05) is 40.2 Å². The maximum Gasteiger partial charge on any atom is 0.222 e. The average Bonchev–Trinajstić information content (AvgIpc) is 2.84. The summed E-state index contributed by atoms with van der Waals surface area (Å²) in [6.07, 6.45) is 6.49. The summed E-state index contributed by atoms with van der Waals surface area (Å²) in [5, 5.41) is 3.47. The first-order valence-corrected chi connectivity index (χ1v) is 12.5. The summed E-state index contributed by atoms with van der Waals surface area (Å²) in [7, 11) is 0. The number of benzene rings is 1. The van der Waals surface area contributed by atoms with Gasteiger partial charge in [-0.15, -0.1) is 0 Å². The molecule has 1 aliphatic heterocycles. The lowest BCUT2D eigenvalue weighted by molar-refractivity contribution is -0.133. The molecule has 1 amide bonds. The largest absolute Gasteiger partial charge is 0.379 e. The van der Waals surface area contributed by atoms with E-state index in [9.17, 15) is 4.79 Å². The van der Waals surface area contributed by atoms with Crippen LogP contribution in [0.4, 0.5) is 11.4 Å². The lowest BCUT2D eigenvalue weighted by Gasteiger charge is -2.40. The second kappa shape index (κ2) is 12.6. The van der Waals surface area contributed by atoms with Crippen molar-refractivity contribution < 1.29 is 4.79 Å². The van der Waals surface area contributed by atoms with Crippen molar-refractivity contribution in [1.29, 1.82) is 0 Å². The molecule has 1 fully saturated rings. The third kappa shape index (κ3) is 7.76. The summed E-state index contributed by atoms with van der Waals surface area (Å²) in [5.74, 6) is 1.32. The Morgan fingerprint density at radius 1 is 1.15 bits per heavy atom. The molecule has 2 heterocycles. The van der Waals surface area contributed by atoms with Gasteiger partial charge in [0.05, 0.1) is 12.2 Å². The molecule has 179 valence electrons. The molecule has 1 radical (unpaired) electrons. The van der Waals surface area contributed by atoms with Crippen molar-refractivity contribution in [1.82, 2.24) is 9.88 Å². The quantitative estimate of drug-likeness (QED) is 0.472. The molecule has 1 aromatic heterocycles. The maximum absolute atomic E-state index is 12.6. The van der Waals surface area contributed by atoms with Crippen molar-refractivity contribution >= 4 is 17.3 Å². The Labute approximate surface area is 200 Å². The van der Waals surface area contributed by atoms with Gasteiger partial charge in [0.2, 0.25) is 5.91 Å². The third-order valence-corrected chi connectivity index (χ3v) is 6.62. The highest BCUT2D eigenvalue weighted by atomic mass is 16.2. The Kier molecular flexibility index (Phi) is 9.59. The second-order valence-electron chi connectivity index (χ2n) is 9.81. The molecule has 0 saturated carbocycles. The molecule has 0 bridgehead atoms. The smallest absolute Gasteiger partial charge is 0.222 e. The van der Waals surface area contributed by atoms with E-state index in [0.29, 0.717) is 30.2 Å². The molecule has 1 N–H and O–H groups in total. The molecular formula is C28H41N4O. The van der Waals surface area contributed by atoms with E-state index in [-0.39, 0.29) is 0 Å². The van der Waals surface area contributed by atoms with Crippen LogP contribution < -0.4 is 10.2 Å². The highest BCUT2D eigenvalue weighted by Gasteiger charge is 2.27. The van der Waals surface area contributed by atoms with Crippen molar-refractivity contribution in [2.75, 3.05) is 29.9 Å². The number of amides is 1. The van der Waals surface area contributed by atoms with E-state index < -0.39 is 0 Å². The van der Waals surface area contributed by atoms with Gasteiger partial charge in [-0.25, -0.2) is 0 Å². The highest BCUT2D eigenvalue weighted by molar-refractivity contribution is 5.76. The number of nitrogens with one attached hydrogen (secondary N) is 1.